The van der Waals surface area contributed by atoms with E-state index in [4.69, 9.17) is 0 Å². The SMILES string of the molecule is Cc1cc(SCC(=O)Nc2cccc(F)c2)n2ncc(-c3ccc(F)cc3)c2n1. The highest BCUT2D eigenvalue weighted by molar-refractivity contribution is 7.99. The first-order chi connectivity index (χ1) is 14.0. The first kappa shape index (κ1) is 19.1. The molecule has 2 heterocycles. The Morgan fingerprint density at radius 2 is 1.90 bits per heavy atom. The van der Waals surface area contributed by atoms with Crippen molar-refractivity contribution in [1.82, 2.24) is 14.6 Å². The fourth-order valence-corrected chi connectivity index (χ4v) is 3.75. The number of rotatable bonds is 5. The molecular weight excluding hydrogens is 394 g/mol. The van der Waals surface area contributed by atoms with Gasteiger partial charge < -0.3 is 5.32 Å². The van der Waals surface area contributed by atoms with E-state index in [0.29, 0.717) is 11.3 Å². The van der Waals surface area contributed by atoms with Crippen molar-refractivity contribution < 1.29 is 13.6 Å². The van der Waals surface area contributed by atoms with Crippen LogP contribution in [0.2, 0.25) is 0 Å². The maximum atomic E-state index is 13.3. The molecule has 0 spiro atoms. The monoisotopic (exact) mass is 410 g/mol. The summed E-state index contributed by atoms with van der Waals surface area (Å²) in [4.78, 5) is 16.8. The third-order valence-corrected chi connectivity index (χ3v) is 5.18. The van der Waals surface area contributed by atoms with Gasteiger partial charge in [0.15, 0.2) is 5.65 Å². The highest BCUT2D eigenvalue weighted by Crippen LogP contribution is 2.28. The van der Waals surface area contributed by atoms with Gasteiger partial charge in [0, 0.05) is 16.9 Å². The van der Waals surface area contributed by atoms with Crippen LogP contribution in [0.5, 0.6) is 0 Å². The average Bonchev–Trinajstić information content (AvgIpc) is 3.10. The van der Waals surface area contributed by atoms with Crippen LogP contribution < -0.4 is 5.32 Å². The summed E-state index contributed by atoms with van der Waals surface area (Å²) in [5, 5.41) is 7.81. The molecule has 2 aromatic carbocycles. The van der Waals surface area contributed by atoms with Crippen LogP contribution in [0.15, 0.2) is 65.8 Å². The lowest BCUT2D eigenvalue weighted by Gasteiger charge is -2.08. The standard InChI is InChI=1S/C21H16F2N4OS/c1-13-9-20(29-12-19(28)26-17-4-2-3-16(23)10-17)27-21(25-13)18(11-24-27)14-5-7-15(22)8-6-14/h2-11H,12H2,1H3,(H,26,28). The number of carbonyl (C=O) groups excluding carboxylic acids is 1. The molecule has 4 rings (SSSR count). The number of carbonyl (C=O) groups is 1. The average molecular weight is 410 g/mol. The third kappa shape index (κ3) is 4.27. The lowest BCUT2D eigenvalue weighted by atomic mass is 10.1. The first-order valence-corrected chi connectivity index (χ1v) is 9.78. The zero-order valence-electron chi connectivity index (χ0n) is 15.4. The van der Waals surface area contributed by atoms with Gasteiger partial charge in [0.25, 0.3) is 0 Å². The zero-order chi connectivity index (χ0) is 20.4. The highest BCUT2D eigenvalue weighted by Gasteiger charge is 2.14. The van der Waals surface area contributed by atoms with Gasteiger partial charge in [0.05, 0.1) is 11.9 Å². The molecule has 0 bridgehead atoms. The summed E-state index contributed by atoms with van der Waals surface area (Å²) < 4.78 is 28.1. The minimum atomic E-state index is -0.410. The molecule has 1 amide bonds. The van der Waals surface area contributed by atoms with Crippen LogP contribution >= 0.6 is 11.8 Å². The van der Waals surface area contributed by atoms with Gasteiger partial charge in [-0.25, -0.2) is 18.3 Å². The van der Waals surface area contributed by atoms with Crippen molar-refractivity contribution in [2.45, 2.75) is 11.9 Å². The first-order valence-electron chi connectivity index (χ1n) is 8.79. The van der Waals surface area contributed by atoms with Gasteiger partial charge in [-0.15, -0.1) is 0 Å². The van der Waals surface area contributed by atoms with Crippen LogP contribution in [-0.2, 0) is 4.79 Å². The van der Waals surface area contributed by atoms with Gasteiger partial charge >= 0.3 is 0 Å². The fraction of sp³-hybridized carbons (Fsp3) is 0.0952. The molecule has 5 nitrogen and oxygen atoms in total. The molecule has 4 aromatic rings. The predicted octanol–water partition coefficient (Wildman–Crippen LogP) is 4.71. The van der Waals surface area contributed by atoms with E-state index in [9.17, 15) is 13.6 Å². The van der Waals surface area contributed by atoms with E-state index in [2.05, 4.69) is 15.4 Å². The molecule has 0 aliphatic rings. The summed E-state index contributed by atoms with van der Waals surface area (Å²) in [6.45, 7) is 1.86. The molecule has 0 aliphatic heterocycles. The summed E-state index contributed by atoms with van der Waals surface area (Å²) in [6.07, 6.45) is 1.67. The molecule has 0 aliphatic carbocycles. The van der Waals surface area contributed by atoms with Gasteiger partial charge in [-0.05, 0) is 48.9 Å². The molecule has 0 saturated carbocycles. The van der Waals surface area contributed by atoms with Crippen molar-refractivity contribution in [3.05, 3.63) is 78.1 Å². The molecule has 0 atom stereocenters. The van der Waals surface area contributed by atoms with Crippen molar-refractivity contribution in [3.8, 4) is 11.1 Å². The molecule has 0 unspecified atom stereocenters. The van der Waals surface area contributed by atoms with Crippen molar-refractivity contribution in [1.29, 1.82) is 0 Å². The van der Waals surface area contributed by atoms with Gasteiger partial charge in [0.1, 0.15) is 16.7 Å². The number of hydrogen-bond donors (Lipinski definition) is 1. The van der Waals surface area contributed by atoms with Crippen LogP contribution in [0.3, 0.4) is 0 Å². The van der Waals surface area contributed by atoms with Crippen LogP contribution in [-0.4, -0.2) is 26.3 Å². The second kappa shape index (κ2) is 8.00. The van der Waals surface area contributed by atoms with Crippen molar-refractivity contribution in [3.63, 3.8) is 0 Å². The van der Waals surface area contributed by atoms with Crippen LogP contribution in [0, 0.1) is 18.6 Å². The molecule has 29 heavy (non-hydrogen) atoms. The van der Waals surface area contributed by atoms with Crippen LogP contribution in [0.1, 0.15) is 5.69 Å². The second-order valence-corrected chi connectivity index (χ2v) is 7.38. The van der Waals surface area contributed by atoms with Gasteiger partial charge in [-0.1, -0.05) is 30.0 Å². The Morgan fingerprint density at radius 3 is 2.66 bits per heavy atom. The van der Waals surface area contributed by atoms with Gasteiger partial charge in [-0.2, -0.15) is 5.10 Å². The number of fused-ring (bicyclic) bond motifs is 1. The number of nitrogens with zero attached hydrogens (tertiary/aromatic N) is 3. The molecule has 2 aromatic heterocycles. The van der Waals surface area contributed by atoms with E-state index in [1.165, 1.54) is 42.1 Å². The quantitative estimate of drug-likeness (QED) is 0.382. The maximum Gasteiger partial charge on any atom is 0.234 e. The predicted molar refractivity (Wildman–Crippen MR) is 109 cm³/mol. The number of aromatic nitrogens is 3. The molecule has 8 heteroatoms. The number of thioether (sulfide) groups is 1. The lowest BCUT2D eigenvalue weighted by Crippen LogP contribution is -2.14. The van der Waals surface area contributed by atoms with E-state index in [-0.39, 0.29) is 17.5 Å². The molecular formula is C21H16F2N4OS. The Balaban J connectivity index is 1.56. The molecule has 146 valence electrons. The van der Waals surface area contributed by atoms with E-state index < -0.39 is 5.82 Å². The minimum absolute atomic E-state index is 0.126. The molecule has 0 saturated heterocycles. The normalized spacial score (nSPS) is 11.0. The number of halogens is 2. The Morgan fingerprint density at radius 1 is 1.10 bits per heavy atom. The van der Waals surface area contributed by atoms with E-state index in [0.717, 1.165) is 21.8 Å². The second-order valence-electron chi connectivity index (χ2n) is 6.38. The fourth-order valence-electron chi connectivity index (χ4n) is 2.89. The Hall–Kier alpha value is -3.26. The molecule has 1 N–H and O–H groups in total. The van der Waals surface area contributed by atoms with Crippen molar-refractivity contribution in [2.24, 2.45) is 0 Å². The van der Waals surface area contributed by atoms with Crippen LogP contribution in [0.25, 0.3) is 16.8 Å². The Labute approximate surface area is 169 Å². The van der Waals surface area contributed by atoms with E-state index in [1.807, 2.05) is 13.0 Å². The van der Waals surface area contributed by atoms with E-state index >= 15 is 0 Å². The van der Waals surface area contributed by atoms with Gasteiger partial charge in [-0.3, -0.25) is 4.79 Å². The molecule has 0 fully saturated rings. The van der Waals surface area contributed by atoms with Gasteiger partial charge in [0.2, 0.25) is 5.91 Å². The number of amides is 1. The van der Waals surface area contributed by atoms with Crippen LogP contribution in [0.4, 0.5) is 14.5 Å². The van der Waals surface area contributed by atoms with Crippen molar-refractivity contribution in [2.75, 3.05) is 11.1 Å². The zero-order valence-corrected chi connectivity index (χ0v) is 16.2. The largest absolute Gasteiger partial charge is 0.325 e. The topological polar surface area (TPSA) is 59.3 Å². The summed E-state index contributed by atoms with van der Waals surface area (Å²) in [6, 6.07) is 13.7. The third-order valence-electron chi connectivity index (χ3n) is 4.18. The maximum absolute atomic E-state index is 13.3. The number of aryl methyl sites for hydroxylation is 1. The summed E-state index contributed by atoms with van der Waals surface area (Å²) in [5.41, 5.74) is 3.39. The minimum Gasteiger partial charge on any atom is -0.325 e. The number of benzene rings is 2. The smallest absolute Gasteiger partial charge is 0.234 e. The summed E-state index contributed by atoms with van der Waals surface area (Å²) in [5.74, 6) is -0.850. The Bertz CT molecular complexity index is 1190. The Kier molecular flexibility index (Phi) is 5.26. The van der Waals surface area contributed by atoms with Crippen molar-refractivity contribution >= 4 is 29.0 Å². The number of anilines is 1. The lowest BCUT2D eigenvalue weighted by molar-refractivity contribution is -0.113. The number of hydrogen-bond acceptors (Lipinski definition) is 4. The summed E-state index contributed by atoms with van der Waals surface area (Å²) in [7, 11) is 0. The highest BCUT2D eigenvalue weighted by atomic mass is 32.2. The van der Waals surface area contributed by atoms with E-state index in [1.54, 1.807) is 28.9 Å². The summed E-state index contributed by atoms with van der Waals surface area (Å²) >= 11 is 1.30. The molecule has 0 radical (unpaired) electrons. The number of nitrogens with one attached hydrogen (secondary N) is 1.